The van der Waals surface area contributed by atoms with Gasteiger partial charge in [0.05, 0.1) is 0 Å². The van der Waals surface area contributed by atoms with Crippen LogP contribution in [0.2, 0.25) is 0 Å². The lowest BCUT2D eigenvalue weighted by atomic mass is 10.3. The summed E-state index contributed by atoms with van der Waals surface area (Å²) in [7, 11) is 0. The normalized spacial score (nSPS) is 9.68. The maximum absolute atomic E-state index is 11.5. The van der Waals surface area contributed by atoms with E-state index in [0.29, 0.717) is 6.54 Å². The monoisotopic (exact) mass is 257 g/mol. The number of hydrogen-bond donors (Lipinski definition) is 2. The summed E-state index contributed by atoms with van der Waals surface area (Å²) in [6.45, 7) is 0.563. The van der Waals surface area contributed by atoms with Crippen molar-refractivity contribution in [2.75, 3.05) is 6.73 Å². The largest absolute Gasteiger partial charge is 0.473 e. The predicted molar refractivity (Wildman–Crippen MR) is 71.5 cm³/mol. The summed E-state index contributed by atoms with van der Waals surface area (Å²) in [5.41, 5.74) is 0.946. The van der Waals surface area contributed by atoms with Crippen molar-refractivity contribution in [3.05, 3.63) is 60.4 Å². The van der Waals surface area contributed by atoms with Crippen molar-refractivity contribution in [1.82, 2.24) is 15.6 Å². The van der Waals surface area contributed by atoms with Gasteiger partial charge in [0.15, 0.2) is 6.73 Å². The maximum Gasteiger partial charge on any atom is 0.317 e. The summed E-state index contributed by atoms with van der Waals surface area (Å²) < 4.78 is 5.34. The van der Waals surface area contributed by atoms with Crippen LogP contribution in [0.4, 0.5) is 4.79 Å². The quantitative estimate of drug-likeness (QED) is 0.804. The number of ether oxygens (including phenoxy) is 1. The third kappa shape index (κ3) is 4.67. The zero-order chi connectivity index (χ0) is 13.3. The molecule has 0 bridgehead atoms. The first-order valence-corrected chi connectivity index (χ1v) is 5.93. The van der Waals surface area contributed by atoms with Gasteiger partial charge in [0.2, 0.25) is 0 Å². The molecule has 2 N–H and O–H groups in total. The molecule has 0 aliphatic rings. The standard InChI is InChI=1S/C14H15N3O2/c18-14(16-10-12-5-4-8-15-9-12)17-11-19-13-6-2-1-3-7-13/h1-9H,10-11H2,(H2,16,17,18). The smallest absolute Gasteiger partial charge is 0.317 e. The first-order valence-electron chi connectivity index (χ1n) is 5.93. The number of pyridine rings is 1. The molecule has 0 aliphatic carbocycles. The second kappa shape index (κ2) is 7.00. The molecule has 2 rings (SSSR count). The molecule has 1 aromatic heterocycles. The summed E-state index contributed by atoms with van der Waals surface area (Å²) >= 11 is 0. The molecule has 0 radical (unpaired) electrons. The maximum atomic E-state index is 11.5. The number of aromatic nitrogens is 1. The van der Waals surface area contributed by atoms with E-state index < -0.39 is 0 Å². The molecule has 5 heteroatoms. The Kier molecular flexibility index (Phi) is 4.75. The fourth-order valence-electron chi connectivity index (χ4n) is 1.45. The minimum atomic E-state index is -0.278. The van der Waals surface area contributed by atoms with Crippen LogP contribution in [0.15, 0.2) is 54.9 Å². The van der Waals surface area contributed by atoms with Gasteiger partial charge in [0.1, 0.15) is 5.75 Å². The first kappa shape index (κ1) is 12.9. The van der Waals surface area contributed by atoms with E-state index >= 15 is 0 Å². The van der Waals surface area contributed by atoms with Crippen molar-refractivity contribution in [3.63, 3.8) is 0 Å². The molecule has 1 aromatic carbocycles. The number of carbonyl (C=O) groups excluding carboxylic acids is 1. The molecule has 0 saturated carbocycles. The van der Waals surface area contributed by atoms with Gasteiger partial charge in [-0.05, 0) is 23.8 Å². The SMILES string of the molecule is O=C(NCOc1ccccc1)NCc1cccnc1. The minimum absolute atomic E-state index is 0.128. The Bertz CT molecular complexity index is 503. The Morgan fingerprint density at radius 1 is 1.11 bits per heavy atom. The second-order valence-corrected chi connectivity index (χ2v) is 3.82. The Balaban J connectivity index is 1.65. The predicted octanol–water partition coefficient (Wildman–Crippen LogP) is 1.92. The van der Waals surface area contributed by atoms with E-state index in [1.54, 1.807) is 12.4 Å². The molecule has 1 heterocycles. The molecular formula is C14H15N3O2. The minimum Gasteiger partial charge on any atom is -0.473 e. The Morgan fingerprint density at radius 2 is 1.95 bits per heavy atom. The van der Waals surface area contributed by atoms with Crippen LogP contribution in [0.5, 0.6) is 5.75 Å². The fraction of sp³-hybridized carbons (Fsp3) is 0.143. The van der Waals surface area contributed by atoms with Crippen LogP contribution in [0, 0.1) is 0 Å². The van der Waals surface area contributed by atoms with E-state index in [1.807, 2.05) is 42.5 Å². The van der Waals surface area contributed by atoms with Crippen LogP contribution in [-0.2, 0) is 6.54 Å². The number of hydrogen-bond acceptors (Lipinski definition) is 3. The second-order valence-electron chi connectivity index (χ2n) is 3.82. The number of nitrogens with zero attached hydrogens (tertiary/aromatic N) is 1. The molecular weight excluding hydrogens is 242 g/mol. The van der Waals surface area contributed by atoms with E-state index in [2.05, 4.69) is 15.6 Å². The van der Waals surface area contributed by atoms with E-state index in [-0.39, 0.29) is 12.8 Å². The van der Waals surface area contributed by atoms with E-state index in [4.69, 9.17) is 4.74 Å². The summed E-state index contributed by atoms with van der Waals surface area (Å²) in [5.74, 6) is 0.718. The highest BCUT2D eigenvalue weighted by Gasteiger charge is 2.00. The molecule has 0 spiro atoms. The molecule has 0 saturated heterocycles. The highest BCUT2D eigenvalue weighted by Crippen LogP contribution is 2.06. The summed E-state index contributed by atoms with van der Waals surface area (Å²) in [4.78, 5) is 15.5. The van der Waals surface area contributed by atoms with E-state index in [9.17, 15) is 4.79 Å². The third-order valence-corrected chi connectivity index (χ3v) is 2.39. The van der Waals surface area contributed by atoms with Gasteiger partial charge in [-0.25, -0.2) is 4.79 Å². The lowest BCUT2D eigenvalue weighted by Crippen LogP contribution is -2.37. The van der Waals surface area contributed by atoms with Gasteiger partial charge in [-0.1, -0.05) is 24.3 Å². The van der Waals surface area contributed by atoms with Crippen molar-refractivity contribution in [3.8, 4) is 5.75 Å². The summed E-state index contributed by atoms with van der Waals surface area (Å²) in [5, 5.41) is 5.32. The highest BCUT2D eigenvalue weighted by molar-refractivity contribution is 5.73. The van der Waals surface area contributed by atoms with Crippen LogP contribution in [0.25, 0.3) is 0 Å². The lowest BCUT2D eigenvalue weighted by molar-refractivity contribution is 0.223. The van der Waals surface area contributed by atoms with Crippen LogP contribution in [0.1, 0.15) is 5.56 Å². The third-order valence-electron chi connectivity index (χ3n) is 2.39. The molecule has 5 nitrogen and oxygen atoms in total. The van der Waals surface area contributed by atoms with Gasteiger partial charge in [-0.15, -0.1) is 0 Å². The molecule has 0 aliphatic heterocycles. The Labute approximate surface area is 111 Å². The van der Waals surface area contributed by atoms with Gasteiger partial charge >= 0.3 is 6.03 Å². The van der Waals surface area contributed by atoms with Crippen molar-refractivity contribution in [1.29, 1.82) is 0 Å². The summed E-state index contributed by atoms with van der Waals surface area (Å²) in [6.07, 6.45) is 3.40. The fourth-order valence-corrected chi connectivity index (χ4v) is 1.45. The molecule has 19 heavy (non-hydrogen) atoms. The van der Waals surface area contributed by atoms with Gasteiger partial charge in [0, 0.05) is 18.9 Å². The van der Waals surface area contributed by atoms with Crippen LogP contribution in [-0.4, -0.2) is 17.7 Å². The molecule has 0 fully saturated rings. The van der Waals surface area contributed by atoms with Gasteiger partial charge in [-0.2, -0.15) is 0 Å². The average Bonchev–Trinajstić information content (AvgIpc) is 2.47. The van der Waals surface area contributed by atoms with Crippen molar-refractivity contribution in [2.45, 2.75) is 6.54 Å². The van der Waals surface area contributed by atoms with Crippen LogP contribution in [0.3, 0.4) is 0 Å². The molecule has 0 atom stereocenters. The molecule has 98 valence electrons. The zero-order valence-corrected chi connectivity index (χ0v) is 10.4. The van der Waals surface area contributed by atoms with E-state index in [1.165, 1.54) is 0 Å². The van der Waals surface area contributed by atoms with Crippen LogP contribution < -0.4 is 15.4 Å². The number of para-hydroxylation sites is 1. The van der Waals surface area contributed by atoms with E-state index in [0.717, 1.165) is 11.3 Å². The number of amides is 2. The van der Waals surface area contributed by atoms with Gasteiger partial charge in [-0.3, -0.25) is 4.98 Å². The van der Waals surface area contributed by atoms with Crippen LogP contribution >= 0.6 is 0 Å². The number of benzene rings is 1. The highest BCUT2D eigenvalue weighted by atomic mass is 16.5. The van der Waals surface area contributed by atoms with Crippen molar-refractivity contribution in [2.24, 2.45) is 0 Å². The van der Waals surface area contributed by atoms with Crippen molar-refractivity contribution >= 4 is 6.03 Å². The zero-order valence-electron chi connectivity index (χ0n) is 10.4. The first-order chi connectivity index (χ1) is 9.34. The lowest BCUT2D eigenvalue weighted by Gasteiger charge is -2.09. The van der Waals surface area contributed by atoms with Gasteiger partial charge in [0.25, 0.3) is 0 Å². The molecule has 2 amide bonds. The number of rotatable bonds is 5. The average molecular weight is 257 g/mol. The van der Waals surface area contributed by atoms with Gasteiger partial charge < -0.3 is 15.4 Å². The molecule has 2 aromatic rings. The summed E-state index contributed by atoms with van der Waals surface area (Å²) in [6, 6.07) is 12.8. The number of urea groups is 1. The number of nitrogens with one attached hydrogen (secondary N) is 2. The Morgan fingerprint density at radius 3 is 2.68 bits per heavy atom. The topological polar surface area (TPSA) is 63.2 Å². The number of carbonyl (C=O) groups is 1. The Hall–Kier alpha value is -2.56. The molecule has 0 unspecified atom stereocenters. The van der Waals surface area contributed by atoms with Crippen molar-refractivity contribution < 1.29 is 9.53 Å².